The highest BCUT2D eigenvalue weighted by Gasteiger charge is 2.24. The molecule has 0 unspecified atom stereocenters. The Morgan fingerprint density at radius 3 is 2.84 bits per heavy atom. The van der Waals surface area contributed by atoms with Gasteiger partial charge >= 0.3 is 0 Å². The molecule has 1 amide bonds. The molecular weight excluding hydrogens is 330 g/mol. The Hall–Kier alpha value is -2.27. The van der Waals surface area contributed by atoms with E-state index >= 15 is 0 Å². The van der Waals surface area contributed by atoms with Crippen LogP contribution in [0.5, 0.6) is 0 Å². The number of hydrogen-bond donors (Lipinski definition) is 0. The third kappa shape index (κ3) is 3.04. The number of para-hydroxylation sites is 3. The lowest BCUT2D eigenvalue weighted by Crippen LogP contribution is -2.35. The minimum atomic E-state index is 0.119. The predicted octanol–water partition coefficient (Wildman–Crippen LogP) is 4.26. The lowest BCUT2D eigenvalue weighted by Gasteiger charge is -2.23. The largest absolute Gasteiger partial charge is 0.319 e. The number of aryl methyl sites for hydroxylation is 1. The number of thioether (sulfide) groups is 1. The van der Waals surface area contributed by atoms with Crippen molar-refractivity contribution < 1.29 is 4.79 Å². The minimum absolute atomic E-state index is 0.119. The summed E-state index contributed by atoms with van der Waals surface area (Å²) < 4.78 is 2.02. The zero-order chi connectivity index (χ0) is 17.4. The van der Waals surface area contributed by atoms with Gasteiger partial charge in [0.1, 0.15) is 12.4 Å². The molecule has 25 heavy (non-hydrogen) atoms. The Labute approximate surface area is 151 Å². The van der Waals surface area contributed by atoms with Gasteiger partial charge in [0.15, 0.2) is 0 Å². The molecule has 0 saturated heterocycles. The number of anilines is 1. The van der Waals surface area contributed by atoms with Crippen molar-refractivity contribution in [1.82, 2.24) is 9.55 Å². The lowest BCUT2D eigenvalue weighted by molar-refractivity contribution is -0.119. The summed E-state index contributed by atoms with van der Waals surface area (Å²) in [7, 11) is 0. The molecule has 1 aliphatic rings. The van der Waals surface area contributed by atoms with Crippen LogP contribution in [0.25, 0.3) is 11.0 Å². The number of carbonyl (C=O) groups excluding carboxylic acids is 1. The van der Waals surface area contributed by atoms with Crippen LogP contribution >= 0.6 is 11.8 Å². The number of amides is 1. The normalized spacial score (nSPS) is 17.4. The molecule has 0 fully saturated rings. The number of fused-ring (bicyclic) bond motifs is 2. The van der Waals surface area contributed by atoms with Crippen LogP contribution in [-0.4, -0.2) is 27.3 Å². The third-order valence-electron chi connectivity index (χ3n) is 4.68. The molecule has 5 heteroatoms. The smallest absolute Gasteiger partial charge is 0.247 e. The average molecular weight is 351 g/mol. The summed E-state index contributed by atoms with van der Waals surface area (Å²) in [5, 5.41) is 0.509. The standard InChI is InChI=1S/C20H21N3OS/c1-14-11-12-22(18-9-5-6-10-19(18)25-14)20(24)13-23-15(2)21-16-7-3-4-8-17(16)23/h3-10,14H,11-13H2,1-2H3/t14-/m0/s1. The summed E-state index contributed by atoms with van der Waals surface area (Å²) in [5.74, 6) is 0.994. The Bertz CT molecular complexity index is 934. The van der Waals surface area contributed by atoms with Crippen molar-refractivity contribution in [3.05, 3.63) is 54.4 Å². The monoisotopic (exact) mass is 351 g/mol. The van der Waals surface area contributed by atoms with Crippen molar-refractivity contribution in [3.63, 3.8) is 0 Å². The van der Waals surface area contributed by atoms with Crippen LogP contribution < -0.4 is 4.90 Å². The number of nitrogens with zero attached hydrogens (tertiary/aromatic N) is 3. The predicted molar refractivity (Wildman–Crippen MR) is 103 cm³/mol. The molecule has 4 nitrogen and oxygen atoms in total. The highest BCUT2D eigenvalue weighted by molar-refractivity contribution is 8.00. The van der Waals surface area contributed by atoms with Gasteiger partial charge in [-0.25, -0.2) is 4.98 Å². The van der Waals surface area contributed by atoms with E-state index in [1.807, 2.05) is 64.6 Å². The van der Waals surface area contributed by atoms with Crippen LogP contribution in [0.2, 0.25) is 0 Å². The van der Waals surface area contributed by atoms with Crippen LogP contribution in [0.15, 0.2) is 53.4 Å². The second-order valence-electron chi connectivity index (χ2n) is 6.46. The van der Waals surface area contributed by atoms with Gasteiger partial charge in [-0.1, -0.05) is 31.2 Å². The second-order valence-corrected chi connectivity index (χ2v) is 7.94. The maximum atomic E-state index is 13.2. The first kappa shape index (κ1) is 16.2. The summed E-state index contributed by atoms with van der Waals surface area (Å²) in [4.78, 5) is 20.9. The fourth-order valence-electron chi connectivity index (χ4n) is 3.36. The van der Waals surface area contributed by atoms with Gasteiger partial charge in [-0.15, -0.1) is 11.8 Å². The van der Waals surface area contributed by atoms with Crippen LogP contribution in [0, 0.1) is 6.92 Å². The molecule has 0 N–H and O–H groups in total. The molecular formula is C20H21N3OS. The first-order valence-electron chi connectivity index (χ1n) is 8.61. The van der Waals surface area contributed by atoms with Crippen molar-refractivity contribution >= 4 is 34.4 Å². The van der Waals surface area contributed by atoms with Gasteiger partial charge in [0.2, 0.25) is 5.91 Å². The summed E-state index contributed by atoms with van der Waals surface area (Å²) in [5.41, 5.74) is 2.98. The van der Waals surface area contributed by atoms with Crippen molar-refractivity contribution in [1.29, 1.82) is 0 Å². The number of rotatable bonds is 2. The first-order valence-corrected chi connectivity index (χ1v) is 9.49. The molecule has 2 aromatic carbocycles. The highest BCUT2D eigenvalue weighted by atomic mass is 32.2. The van der Waals surface area contributed by atoms with Crippen molar-refractivity contribution in [2.45, 2.75) is 37.0 Å². The minimum Gasteiger partial charge on any atom is -0.319 e. The molecule has 0 saturated carbocycles. The van der Waals surface area contributed by atoms with E-state index < -0.39 is 0 Å². The molecule has 0 aliphatic carbocycles. The van der Waals surface area contributed by atoms with Gasteiger partial charge in [0, 0.05) is 16.7 Å². The van der Waals surface area contributed by atoms with Crippen LogP contribution in [0.4, 0.5) is 5.69 Å². The van der Waals surface area contributed by atoms with Crippen LogP contribution in [0.3, 0.4) is 0 Å². The van der Waals surface area contributed by atoms with Gasteiger partial charge < -0.3 is 9.47 Å². The Kier molecular flexibility index (Phi) is 4.25. The number of carbonyl (C=O) groups is 1. The molecule has 1 atom stereocenters. The Balaban J connectivity index is 1.68. The average Bonchev–Trinajstić information content (AvgIpc) is 2.81. The fraction of sp³-hybridized carbons (Fsp3) is 0.300. The second kappa shape index (κ2) is 6.56. The Morgan fingerprint density at radius 2 is 1.96 bits per heavy atom. The number of aromatic nitrogens is 2. The van der Waals surface area contributed by atoms with E-state index in [4.69, 9.17) is 0 Å². The number of imidazole rings is 1. The molecule has 3 aromatic rings. The van der Waals surface area contributed by atoms with Gasteiger partial charge in [-0.05, 0) is 37.6 Å². The molecule has 0 radical (unpaired) electrons. The van der Waals surface area contributed by atoms with Gasteiger partial charge in [0.05, 0.1) is 16.7 Å². The van der Waals surface area contributed by atoms with Crippen molar-refractivity contribution in [3.8, 4) is 0 Å². The van der Waals surface area contributed by atoms with Gasteiger partial charge in [0.25, 0.3) is 0 Å². The molecule has 1 aliphatic heterocycles. The first-order chi connectivity index (χ1) is 12.1. The van der Waals surface area contributed by atoms with E-state index in [0.29, 0.717) is 11.8 Å². The summed E-state index contributed by atoms with van der Waals surface area (Å²) in [6.07, 6.45) is 0.995. The molecule has 0 bridgehead atoms. The van der Waals surface area contributed by atoms with E-state index in [0.717, 1.165) is 35.5 Å². The number of benzene rings is 2. The molecule has 0 spiro atoms. The SMILES string of the molecule is Cc1nc2ccccc2n1CC(=O)N1CC[C@H](C)Sc2ccccc21. The van der Waals surface area contributed by atoms with E-state index in [1.54, 1.807) is 0 Å². The molecule has 1 aromatic heterocycles. The molecule has 128 valence electrons. The summed E-state index contributed by atoms with van der Waals surface area (Å²) in [6, 6.07) is 16.2. The zero-order valence-corrected chi connectivity index (χ0v) is 15.3. The van der Waals surface area contributed by atoms with Crippen molar-refractivity contribution in [2.75, 3.05) is 11.4 Å². The quantitative estimate of drug-likeness (QED) is 0.692. The fourth-order valence-corrected chi connectivity index (χ4v) is 4.47. The Morgan fingerprint density at radius 1 is 1.20 bits per heavy atom. The molecule has 2 heterocycles. The van der Waals surface area contributed by atoms with Crippen LogP contribution in [0.1, 0.15) is 19.2 Å². The summed E-state index contributed by atoms with van der Waals surface area (Å²) >= 11 is 1.85. The molecule has 4 rings (SSSR count). The maximum absolute atomic E-state index is 13.2. The van der Waals surface area contributed by atoms with E-state index in [-0.39, 0.29) is 5.91 Å². The summed E-state index contributed by atoms with van der Waals surface area (Å²) in [6.45, 7) is 5.26. The van der Waals surface area contributed by atoms with Gasteiger partial charge in [-0.2, -0.15) is 0 Å². The number of hydrogen-bond acceptors (Lipinski definition) is 3. The maximum Gasteiger partial charge on any atom is 0.247 e. The van der Waals surface area contributed by atoms with E-state index in [9.17, 15) is 4.79 Å². The highest BCUT2D eigenvalue weighted by Crippen LogP contribution is 2.37. The zero-order valence-electron chi connectivity index (χ0n) is 14.5. The third-order valence-corrected chi connectivity index (χ3v) is 5.92. The topological polar surface area (TPSA) is 38.1 Å². The van der Waals surface area contributed by atoms with E-state index in [2.05, 4.69) is 24.0 Å². The lowest BCUT2D eigenvalue weighted by atomic mass is 10.2. The van der Waals surface area contributed by atoms with Crippen molar-refractivity contribution in [2.24, 2.45) is 0 Å². The van der Waals surface area contributed by atoms with Gasteiger partial charge in [-0.3, -0.25) is 4.79 Å². The van der Waals surface area contributed by atoms with E-state index in [1.165, 1.54) is 4.90 Å². The van der Waals surface area contributed by atoms with Crippen LogP contribution in [-0.2, 0) is 11.3 Å².